The first-order chi connectivity index (χ1) is 21.9. The number of hydrogen-bond donors (Lipinski definition) is 0. The quantitative estimate of drug-likeness (QED) is 0.178. The Bertz CT molecular complexity index is 1910. The molecule has 0 saturated heterocycles. The van der Waals surface area contributed by atoms with Gasteiger partial charge < -0.3 is 0 Å². The van der Waals surface area contributed by atoms with Crippen molar-refractivity contribution in [2.75, 3.05) is 0 Å². The third-order valence-electron chi connectivity index (χ3n) is 10.3. The van der Waals surface area contributed by atoms with E-state index in [1.165, 1.54) is 50.1 Å². The molecular weight excluding hydrogens is 632 g/mol. The summed E-state index contributed by atoms with van der Waals surface area (Å²) in [5, 5.41) is 0. The van der Waals surface area contributed by atoms with Gasteiger partial charge in [0.1, 0.15) is 0 Å². The summed E-state index contributed by atoms with van der Waals surface area (Å²) in [6.45, 7) is 18.9. The van der Waals surface area contributed by atoms with Crippen molar-refractivity contribution >= 4 is 9.28 Å². The Balaban J connectivity index is 1.66. The third kappa shape index (κ3) is 5.40. The molecule has 0 aromatic heterocycles. The summed E-state index contributed by atoms with van der Waals surface area (Å²) in [5.74, 6) is 0. The van der Waals surface area contributed by atoms with Gasteiger partial charge in [0, 0.05) is 0 Å². The van der Waals surface area contributed by atoms with Crippen molar-refractivity contribution in [2.24, 2.45) is 0 Å². The number of rotatable bonds is 4. The van der Waals surface area contributed by atoms with E-state index < -0.39 is 21.3 Å². The van der Waals surface area contributed by atoms with E-state index in [-0.39, 0.29) is 10.8 Å². The van der Waals surface area contributed by atoms with Crippen molar-refractivity contribution < 1.29 is 21.3 Å². The van der Waals surface area contributed by atoms with Gasteiger partial charge in [0.2, 0.25) is 0 Å². The zero-order chi connectivity index (χ0) is 32.4. The van der Waals surface area contributed by atoms with E-state index in [0.29, 0.717) is 7.25 Å². The van der Waals surface area contributed by atoms with Crippen molar-refractivity contribution in [1.29, 1.82) is 0 Å². The first-order valence-electron chi connectivity index (χ1n) is 16.9. The van der Waals surface area contributed by atoms with Crippen LogP contribution in [0.25, 0.3) is 17.2 Å². The minimum atomic E-state index is -2.91. The average molecular weight is 678 g/mol. The second-order valence-electron chi connectivity index (χ2n) is 15.5. The minimum absolute atomic E-state index is 0.0756. The number of benzene rings is 5. The maximum atomic E-state index is 2.61. The van der Waals surface area contributed by atoms with Crippen LogP contribution in [0, 0.1) is 6.92 Å². The summed E-state index contributed by atoms with van der Waals surface area (Å²) in [5.41, 5.74) is 17.8. The predicted molar refractivity (Wildman–Crippen MR) is 195 cm³/mol. The molecule has 0 nitrogen and oxygen atoms in total. The van der Waals surface area contributed by atoms with Crippen LogP contribution in [0.4, 0.5) is 0 Å². The summed E-state index contributed by atoms with van der Waals surface area (Å²) in [7, 11) is 0. The van der Waals surface area contributed by atoms with Crippen LogP contribution in [0.15, 0.2) is 121 Å². The van der Waals surface area contributed by atoms with Crippen LogP contribution in [-0.4, -0.2) is 3.21 Å². The van der Waals surface area contributed by atoms with Crippen LogP contribution < -0.4 is 0 Å². The van der Waals surface area contributed by atoms with Gasteiger partial charge in [-0.05, 0) is 0 Å². The second kappa shape index (κ2) is 11.7. The van der Waals surface area contributed by atoms with Gasteiger partial charge >= 0.3 is 286 Å². The number of hydrogen-bond acceptors (Lipinski definition) is 0. The summed E-state index contributed by atoms with van der Waals surface area (Å²) in [6, 6.07) is 44.6. The Morgan fingerprint density at radius 2 is 1.04 bits per heavy atom. The van der Waals surface area contributed by atoms with E-state index in [2.05, 4.69) is 177 Å². The molecule has 0 N–H and O–H groups in total. The van der Waals surface area contributed by atoms with Gasteiger partial charge in [-0.15, -0.1) is 0 Å². The normalized spacial score (nSPS) is 15.7. The van der Waals surface area contributed by atoms with Crippen molar-refractivity contribution in [1.82, 2.24) is 0 Å². The average Bonchev–Trinajstić information content (AvgIpc) is 3.54. The molecule has 0 spiro atoms. The first-order valence-corrected chi connectivity index (χ1v) is 20.9. The van der Waals surface area contributed by atoms with Gasteiger partial charge in [0.25, 0.3) is 0 Å². The second-order valence-corrected chi connectivity index (χ2v) is 21.8. The van der Waals surface area contributed by atoms with E-state index >= 15 is 0 Å². The van der Waals surface area contributed by atoms with Crippen LogP contribution in [-0.2, 0) is 32.1 Å². The number of fused-ring (bicyclic) bond motifs is 4. The molecule has 1 heteroatoms. The molecule has 0 saturated carbocycles. The van der Waals surface area contributed by atoms with Crippen molar-refractivity contribution in [3.63, 3.8) is 0 Å². The monoisotopic (exact) mass is 676 g/mol. The molecule has 0 amide bonds. The summed E-state index contributed by atoms with van der Waals surface area (Å²) < 4.78 is 2.45. The molecular formula is C45H46Zr. The van der Waals surface area contributed by atoms with Crippen LogP contribution in [0.2, 0.25) is 0 Å². The summed E-state index contributed by atoms with van der Waals surface area (Å²) in [4.78, 5) is 0. The van der Waals surface area contributed by atoms with Gasteiger partial charge in [0.05, 0.1) is 0 Å². The fraction of sp³-hybridized carbons (Fsp3) is 0.267. The topological polar surface area (TPSA) is 0 Å². The van der Waals surface area contributed by atoms with E-state index in [1.54, 1.807) is 19.9 Å². The van der Waals surface area contributed by atoms with Crippen LogP contribution >= 0.6 is 0 Å². The third-order valence-corrected chi connectivity index (χ3v) is 19.5. The fourth-order valence-electron chi connectivity index (χ4n) is 7.87. The van der Waals surface area contributed by atoms with Gasteiger partial charge in [-0.3, -0.25) is 0 Å². The van der Waals surface area contributed by atoms with Crippen LogP contribution in [0.5, 0.6) is 0 Å². The molecule has 5 aromatic carbocycles. The van der Waals surface area contributed by atoms with Gasteiger partial charge in [-0.2, -0.15) is 0 Å². The Kier molecular flexibility index (Phi) is 7.93. The molecule has 2 aliphatic rings. The van der Waals surface area contributed by atoms with Crippen LogP contribution in [0.3, 0.4) is 0 Å². The van der Waals surface area contributed by atoms with E-state index in [0.717, 1.165) is 0 Å². The molecule has 0 aliphatic heterocycles. The Morgan fingerprint density at radius 1 is 0.543 bits per heavy atom. The predicted octanol–water partition coefficient (Wildman–Crippen LogP) is 11.7. The molecule has 0 radical (unpaired) electrons. The van der Waals surface area contributed by atoms with E-state index in [1.807, 2.05) is 0 Å². The van der Waals surface area contributed by atoms with E-state index in [4.69, 9.17) is 0 Å². The van der Waals surface area contributed by atoms with Gasteiger partial charge in [-0.25, -0.2) is 0 Å². The molecule has 230 valence electrons. The van der Waals surface area contributed by atoms with E-state index in [9.17, 15) is 0 Å². The molecule has 5 aromatic rings. The number of allylic oxidation sites excluding steroid dienone is 1. The van der Waals surface area contributed by atoms with Crippen molar-refractivity contribution in [3.05, 3.63) is 171 Å². The number of aryl methyl sites for hydroxylation is 1. The molecule has 0 heterocycles. The maximum absolute atomic E-state index is 2.91. The standard InChI is InChI=1S/C21H25.C13H10.C11H11.Zr/c1-20(2,3)16-7-9-18-14(12-16)11-15-13-17(21(4,5)6)8-10-19(15)18;1-3-7-12(8-4-1)11-13-9-5-2-6-10-13;1-8-6-10-5-3-4-9(2)11(10)7-8;/h7-13H,1-6H3;1-10H;3-7H,1-2H3;. The summed E-state index contributed by atoms with van der Waals surface area (Å²) in [6.07, 6.45) is 2.51. The van der Waals surface area contributed by atoms with Gasteiger partial charge in [-0.1, -0.05) is 0 Å². The molecule has 2 aliphatic carbocycles. The molecule has 1 atom stereocenters. The molecule has 46 heavy (non-hydrogen) atoms. The summed E-state index contributed by atoms with van der Waals surface area (Å²) >= 11 is -2.91. The Morgan fingerprint density at radius 3 is 1.52 bits per heavy atom. The molecule has 7 rings (SSSR count). The zero-order valence-electron chi connectivity index (χ0n) is 28.7. The molecule has 0 bridgehead atoms. The van der Waals surface area contributed by atoms with Crippen LogP contribution in [0.1, 0.15) is 106 Å². The SMILES string of the molecule is CC1=Cc2cccc(C)c2[CH]1[Zr](=[C](c1ccccc1)c1ccccc1)[CH]1c2cc(C(C)(C)C)ccc2-c2ccc(C(C)(C)C)cc21. The van der Waals surface area contributed by atoms with Crippen molar-refractivity contribution in [3.8, 4) is 11.1 Å². The first kappa shape index (κ1) is 31.2. The zero-order valence-corrected chi connectivity index (χ0v) is 31.2. The van der Waals surface area contributed by atoms with Gasteiger partial charge in [0.15, 0.2) is 0 Å². The van der Waals surface area contributed by atoms with Crippen molar-refractivity contribution in [2.45, 2.75) is 73.5 Å². The Hall–Kier alpha value is -3.41. The molecule has 0 fully saturated rings. The fourth-order valence-corrected chi connectivity index (χ4v) is 18.5. The Labute approximate surface area is 284 Å². The molecule has 1 unspecified atom stereocenters.